The van der Waals surface area contributed by atoms with Crippen LogP contribution >= 0.6 is 0 Å². The number of anilines is 1. The normalized spacial score (nSPS) is 12.0. The Labute approximate surface area is 102 Å². The smallest absolute Gasteiger partial charge is 0.255 e. The van der Waals surface area contributed by atoms with E-state index in [4.69, 9.17) is 0 Å². The summed E-state index contributed by atoms with van der Waals surface area (Å²) in [7, 11) is 1.69. The summed E-state index contributed by atoms with van der Waals surface area (Å²) < 4.78 is 0. The lowest BCUT2D eigenvalue weighted by atomic mass is 10.1. The summed E-state index contributed by atoms with van der Waals surface area (Å²) in [6, 6.07) is 7.40. The number of likely N-dealkylation sites (N-methyl/N-ethyl adjacent to an activating group) is 1. The number of carbonyl (C=O) groups is 1. The highest BCUT2D eigenvalue weighted by Gasteiger charge is 2.16. The SMILES string of the molecule is CCNc1ccccc1C(=O)N(C)CC(C)O. The predicted octanol–water partition coefficient (Wildman–Crippen LogP) is 1.57. The first-order valence-corrected chi connectivity index (χ1v) is 5.82. The maximum absolute atomic E-state index is 12.2. The average Bonchev–Trinajstić information content (AvgIpc) is 2.28. The fourth-order valence-electron chi connectivity index (χ4n) is 1.70. The molecule has 17 heavy (non-hydrogen) atoms. The Morgan fingerprint density at radius 2 is 2.12 bits per heavy atom. The lowest BCUT2D eigenvalue weighted by Gasteiger charge is -2.20. The van der Waals surface area contributed by atoms with Crippen LogP contribution in [0.1, 0.15) is 24.2 Å². The van der Waals surface area contributed by atoms with Gasteiger partial charge < -0.3 is 15.3 Å². The zero-order valence-electron chi connectivity index (χ0n) is 10.6. The van der Waals surface area contributed by atoms with Crippen molar-refractivity contribution in [3.63, 3.8) is 0 Å². The van der Waals surface area contributed by atoms with Crippen LogP contribution < -0.4 is 5.32 Å². The molecule has 0 aromatic heterocycles. The van der Waals surface area contributed by atoms with E-state index in [1.165, 1.54) is 4.90 Å². The van der Waals surface area contributed by atoms with Crippen molar-refractivity contribution < 1.29 is 9.90 Å². The number of aliphatic hydroxyl groups excluding tert-OH is 1. The van der Waals surface area contributed by atoms with Crippen molar-refractivity contribution in [2.45, 2.75) is 20.0 Å². The molecular formula is C13H20N2O2. The molecule has 1 atom stereocenters. The first-order valence-electron chi connectivity index (χ1n) is 5.82. The van der Waals surface area contributed by atoms with Crippen molar-refractivity contribution >= 4 is 11.6 Å². The Bertz CT molecular complexity index is 377. The molecule has 1 aromatic rings. The number of carbonyl (C=O) groups excluding carboxylic acids is 1. The van der Waals surface area contributed by atoms with Crippen LogP contribution in [0.25, 0.3) is 0 Å². The van der Waals surface area contributed by atoms with Crippen LogP contribution in [0.4, 0.5) is 5.69 Å². The summed E-state index contributed by atoms with van der Waals surface area (Å²) in [5, 5.41) is 12.4. The van der Waals surface area contributed by atoms with Crippen molar-refractivity contribution in [1.82, 2.24) is 4.90 Å². The van der Waals surface area contributed by atoms with Gasteiger partial charge in [0.15, 0.2) is 0 Å². The number of para-hydroxylation sites is 1. The molecule has 0 saturated carbocycles. The van der Waals surface area contributed by atoms with Crippen molar-refractivity contribution in [2.75, 3.05) is 25.5 Å². The fraction of sp³-hybridized carbons (Fsp3) is 0.462. The Kier molecular flexibility index (Phi) is 4.97. The minimum Gasteiger partial charge on any atom is -0.392 e. The zero-order chi connectivity index (χ0) is 12.8. The summed E-state index contributed by atoms with van der Waals surface area (Å²) in [5.41, 5.74) is 1.47. The van der Waals surface area contributed by atoms with Crippen LogP contribution in [0.5, 0.6) is 0 Å². The molecule has 2 N–H and O–H groups in total. The lowest BCUT2D eigenvalue weighted by Crippen LogP contribution is -2.33. The lowest BCUT2D eigenvalue weighted by molar-refractivity contribution is 0.0704. The van der Waals surface area contributed by atoms with Crippen LogP contribution in [0.15, 0.2) is 24.3 Å². The number of rotatable bonds is 5. The first-order chi connectivity index (χ1) is 8.06. The Morgan fingerprint density at radius 3 is 2.71 bits per heavy atom. The molecule has 1 unspecified atom stereocenters. The Balaban J connectivity index is 2.87. The van der Waals surface area contributed by atoms with Gasteiger partial charge in [-0.25, -0.2) is 0 Å². The number of aliphatic hydroxyl groups is 1. The van der Waals surface area contributed by atoms with Crippen LogP contribution in [0, 0.1) is 0 Å². The van der Waals surface area contributed by atoms with Gasteiger partial charge in [0, 0.05) is 25.8 Å². The van der Waals surface area contributed by atoms with Gasteiger partial charge in [-0.15, -0.1) is 0 Å². The molecule has 0 fully saturated rings. The van der Waals surface area contributed by atoms with Crippen LogP contribution in [-0.4, -0.2) is 42.2 Å². The van der Waals surface area contributed by atoms with E-state index in [1.54, 1.807) is 20.0 Å². The third-order valence-corrected chi connectivity index (χ3v) is 2.41. The number of nitrogens with one attached hydrogen (secondary N) is 1. The van der Waals surface area contributed by atoms with Gasteiger partial charge in [0.25, 0.3) is 5.91 Å². The van der Waals surface area contributed by atoms with E-state index in [-0.39, 0.29) is 5.91 Å². The molecule has 1 aromatic carbocycles. The molecular weight excluding hydrogens is 216 g/mol. The average molecular weight is 236 g/mol. The van der Waals surface area contributed by atoms with E-state index < -0.39 is 6.10 Å². The summed E-state index contributed by atoms with van der Waals surface area (Å²) in [6.45, 7) is 4.75. The maximum Gasteiger partial charge on any atom is 0.255 e. The minimum atomic E-state index is -0.518. The highest BCUT2D eigenvalue weighted by Crippen LogP contribution is 2.16. The number of hydrogen-bond acceptors (Lipinski definition) is 3. The number of hydrogen-bond donors (Lipinski definition) is 2. The van der Waals surface area contributed by atoms with E-state index >= 15 is 0 Å². The standard InChI is InChI=1S/C13H20N2O2/c1-4-14-12-8-6-5-7-11(12)13(17)15(3)9-10(2)16/h5-8,10,14,16H,4,9H2,1-3H3. The van der Waals surface area contributed by atoms with Gasteiger partial charge in [0.2, 0.25) is 0 Å². The number of amides is 1. The maximum atomic E-state index is 12.2. The van der Waals surface area contributed by atoms with E-state index in [1.807, 2.05) is 25.1 Å². The molecule has 0 heterocycles. The molecule has 4 nitrogen and oxygen atoms in total. The Morgan fingerprint density at radius 1 is 1.47 bits per heavy atom. The van der Waals surface area contributed by atoms with Gasteiger partial charge in [0.05, 0.1) is 11.7 Å². The Hall–Kier alpha value is -1.55. The van der Waals surface area contributed by atoms with E-state index in [9.17, 15) is 9.90 Å². The molecule has 0 bridgehead atoms. The number of nitrogens with zero attached hydrogens (tertiary/aromatic N) is 1. The van der Waals surface area contributed by atoms with Crippen molar-refractivity contribution in [1.29, 1.82) is 0 Å². The van der Waals surface area contributed by atoms with Crippen LogP contribution in [0.3, 0.4) is 0 Å². The second-order valence-electron chi connectivity index (χ2n) is 4.11. The van der Waals surface area contributed by atoms with Gasteiger partial charge in [0.1, 0.15) is 0 Å². The highest BCUT2D eigenvalue weighted by molar-refractivity contribution is 5.99. The van der Waals surface area contributed by atoms with Gasteiger partial charge >= 0.3 is 0 Å². The van der Waals surface area contributed by atoms with Crippen molar-refractivity contribution in [3.8, 4) is 0 Å². The second kappa shape index (κ2) is 6.25. The topological polar surface area (TPSA) is 52.6 Å². The third-order valence-electron chi connectivity index (χ3n) is 2.41. The first kappa shape index (κ1) is 13.5. The van der Waals surface area contributed by atoms with E-state index in [0.717, 1.165) is 12.2 Å². The molecule has 0 spiro atoms. The highest BCUT2D eigenvalue weighted by atomic mass is 16.3. The third kappa shape index (κ3) is 3.75. The summed E-state index contributed by atoms with van der Waals surface area (Å²) in [4.78, 5) is 13.7. The van der Waals surface area contributed by atoms with Gasteiger partial charge in [-0.3, -0.25) is 4.79 Å². The minimum absolute atomic E-state index is 0.0811. The second-order valence-corrected chi connectivity index (χ2v) is 4.11. The summed E-state index contributed by atoms with van der Waals surface area (Å²) in [5.74, 6) is -0.0811. The summed E-state index contributed by atoms with van der Waals surface area (Å²) in [6.07, 6.45) is -0.518. The molecule has 0 aliphatic rings. The molecule has 0 aliphatic heterocycles. The molecule has 1 amide bonds. The molecule has 1 rings (SSSR count). The van der Waals surface area contributed by atoms with Gasteiger partial charge in [-0.2, -0.15) is 0 Å². The summed E-state index contributed by atoms with van der Waals surface area (Å²) >= 11 is 0. The molecule has 0 radical (unpaired) electrons. The van der Waals surface area contributed by atoms with Crippen molar-refractivity contribution in [2.24, 2.45) is 0 Å². The van der Waals surface area contributed by atoms with E-state index in [2.05, 4.69) is 5.32 Å². The molecule has 0 aliphatic carbocycles. The largest absolute Gasteiger partial charge is 0.392 e. The monoisotopic (exact) mass is 236 g/mol. The molecule has 4 heteroatoms. The van der Waals surface area contributed by atoms with Gasteiger partial charge in [-0.05, 0) is 26.0 Å². The van der Waals surface area contributed by atoms with Crippen LogP contribution in [0.2, 0.25) is 0 Å². The van der Waals surface area contributed by atoms with Gasteiger partial charge in [-0.1, -0.05) is 12.1 Å². The molecule has 94 valence electrons. The predicted molar refractivity (Wildman–Crippen MR) is 69.2 cm³/mol. The fourth-order valence-corrected chi connectivity index (χ4v) is 1.70. The van der Waals surface area contributed by atoms with E-state index in [0.29, 0.717) is 12.1 Å². The van der Waals surface area contributed by atoms with Crippen LogP contribution in [-0.2, 0) is 0 Å². The quantitative estimate of drug-likeness (QED) is 0.816. The number of benzene rings is 1. The molecule has 0 saturated heterocycles. The van der Waals surface area contributed by atoms with Crippen molar-refractivity contribution in [3.05, 3.63) is 29.8 Å². The zero-order valence-corrected chi connectivity index (χ0v) is 10.6.